The molecule has 1 fully saturated rings. The Labute approximate surface area is 181 Å². The predicted molar refractivity (Wildman–Crippen MR) is 121 cm³/mol. The summed E-state index contributed by atoms with van der Waals surface area (Å²) in [6, 6.07) is 19.8. The van der Waals surface area contributed by atoms with Gasteiger partial charge in [0, 0.05) is 49.2 Å². The highest BCUT2D eigenvalue weighted by Crippen LogP contribution is 2.42. The minimum absolute atomic E-state index is 0.0862. The molecule has 3 aromatic rings. The molecule has 2 aliphatic heterocycles. The Kier molecular flexibility index (Phi) is 5.32. The lowest BCUT2D eigenvalue weighted by Gasteiger charge is -2.40. The fourth-order valence-electron chi connectivity index (χ4n) is 4.52. The normalized spacial score (nSPS) is 19.0. The Morgan fingerprint density at radius 1 is 0.967 bits per heavy atom. The third-order valence-electron chi connectivity index (χ3n) is 6.03. The van der Waals surface area contributed by atoms with E-state index >= 15 is 0 Å². The molecule has 4 nitrogen and oxygen atoms in total. The molecule has 152 valence electrons. The number of rotatable bonds is 2. The van der Waals surface area contributed by atoms with Crippen LogP contribution in [0.3, 0.4) is 0 Å². The Balaban J connectivity index is 1.40. The fourth-order valence-corrected chi connectivity index (χ4v) is 5.62. The van der Waals surface area contributed by atoms with Crippen molar-refractivity contribution in [3.05, 3.63) is 94.8 Å². The molecule has 0 radical (unpaired) electrons. The summed E-state index contributed by atoms with van der Waals surface area (Å²) in [4.78, 5) is 23.0. The number of piperazine rings is 1. The van der Waals surface area contributed by atoms with Gasteiger partial charge in [-0.05, 0) is 41.3 Å². The number of carbonyl (C=O) groups is 1. The molecule has 0 spiro atoms. The molecular weight excluding hydrogens is 390 g/mol. The molecule has 1 aromatic heterocycles. The zero-order chi connectivity index (χ0) is 20.5. The lowest BCUT2D eigenvalue weighted by Crippen LogP contribution is -2.50. The number of carbonyl (C=O) groups excluding carboxylic acids is 1. The van der Waals surface area contributed by atoms with Crippen molar-refractivity contribution in [3.8, 4) is 0 Å². The van der Waals surface area contributed by atoms with Crippen LogP contribution in [-0.2, 0) is 5.75 Å². The van der Waals surface area contributed by atoms with Crippen molar-refractivity contribution in [2.24, 2.45) is 0 Å². The third kappa shape index (κ3) is 3.64. The van der Waals surface area contributed by atoms with Gasteiger partial charge in [-0.15, -0.1) is 11.8 Å². The van der Waals surface area contributed by atoms with Gasteiger partial charge in [0.25, 0.3) is 5.91 Å². The van der Waals surface area contributed by atoms with Gasteiger partial charge >= 0.3 is 0 Å². The molecule has 0 saturated carbocycles. The van der Waals surface area contributed by atoms with Crippen LogP contribution in [0.5, 0.6) is 0 Å². The predicted octanol–water partition coefficient (Wildman–Crippen LogP) is 4.54. The molecular formula is C25H25N3OS. The topological polar surface area (TPSA) is 36.4 Å². The molecule has 5 rings (SSSR count). The lowest BCUT2D eigenvalue weighted by molar-refractivity contribution is 0.0595. The SMILES string of the molecule is Cc1cncc(C(=O)N2CCN(C3c4ccccc4CSc4ccccc43)CC2)c1. The Hall–Kier alpha value is -2.63. The summed E-state index contributed by atoms with van der Waals surface area (Å²) >= 11 is 1.93. The van der Waals surface area contributed by atoms with Crippen molar-refractivity contribution in [2.75, 3.05) is 26.2 Å². The first-order chi connectivity index (χ1) is 14.7. The molecule has 2 aliphatic rings. The first-order valence-corrected chi connectivity index (χ1v) is 11.4. The van der Waals surface area contributed by atoms with Gasteiger partial charge in [0.05, 0.1) is 11.6 Å². The highest BCUT2D eigenvalue weighted by atomic mass is 32.2. The van der Waals surface area contributed by atoms with Gasteiger partial charge in [-0.2, -0.15) is 0 Å². The highest BCUT2D eigenvalue weighted by molar-refractivity contribution is 7.98. The second kappa shape index (κ2) is 8.25. The zero-order valence-electron chi connectivity index (χ0n) is 17.1. The molecule has 1 amide bonds. The molecule has 3 heterocycles. The van der Waals surface area contributed by atoms with Crippen molar-refractivity contribution < 1.29 is 4.79 Å². The fraction of sp³-hybridized carbons (Fsp3) is 0.280. The first-order valence-electron chi connectivity index (χ1n) is 10.5. The maximum Gasteiger partial charge on any atom is 0.255 e. The summed E-state index contributed by atoms with van der Waals surface area (Å²) in [5.41, 5.74) is 5.90. The average Bonchev–Trinajstić information content (AvgIpc) is 2.96. The molecule has 1 atom stereocenters. The van der Waals surface area contributed by atoms with Crippen LogP contribution in [0.4, 0.5) is 0 Å². The number of pyridine rings is 1. The summed E-state index contributed by atoms with van der Waals surface area (Å²) in [7, 11) is 0. The van der Waals surface area contributed by atoms with E-state index in [1.54, 1.807) is 12.4 Å². The molecule has 2 aromatic carbocycles. The standard InChI is InChI=1S/C25H25N3OS/c1-18-14-20(16-26-15-18)25(29)28-12-10-27(11-13-28)24-21-7-3-2-6-19(21)17-30-23-9-5-4-8-22(23)24/h2-9,14-16,24H,10-13,17H2,1H3. The van der Waals surface area contributed by atoms with Crippen molar-refractivity contribution in [2.45, 2.75) is 23.6 Å². The highest BCUT2D eigenvalue weighted by Gasteiger charge is 2.32. The van der Waals surface area contributed by atoms with E-state index in [-0.39, 0.29) is 11.9 Å². The average molecular weight is 416 g/mol. The van der Waals surface area contributed by atoms with E-state index in [0.29, 0.717) is 5.56 Å². The monoisotopic (exact) mass is 415 g/mol. The van der Waals surface area contributed by atoms with Crippen molar-refractivity contribution in [3.63, 3.8) is 0 Å². The Bertz CT molecular complexity index is 1030. The van der Waals surface area contributed by atoms with Gasteiger partial charge in [-0.25, -0.2) is 0 Å². The second-order valence-electron chi connectivity index (χ2n) is 8.01. The Morgan fingerprint density at radius 2 is 1.70 bits per heavy atom. The Morgan fingerprint density at radius 3 is 2.50 bits per heavy atom. The number of thioether (sulfide) groups is 1. The number of nitrogens with zero attached hydrogens (tertiary/aromatic N) is 3. The van der Waals surface area contributed by atoms with Crippen LogP contribution in [-0.4, -0.2) is 46.9 Å². The van der Waals surface area contributed by atoms with Crippen LogP contribution in [0.1, 0.15) is 38.7 Å². The third-order valence-corrected chi connectivity index (χ3v) is 7.17. The molecule has 30 heavy (non-hydrogen) atoms. The number of hydrogen-bond donors (Lipinski definition) is 0. The van der Waals surface area contributed by atoms with E-state index in [2.05, 4.69) is 58.4 Å². The van der Waals surface area contributed by atoms with Crippen molar-refractivity contribution >= 4 is 17.7 Å². The summed E-state index contributed by atoms with van der Waals surface area (Å²) in [5, 5.41) is 0. The van der Waals surface area contributed by atoms with Gasteiger partial charge in [-0.3, -0.25) is 14.7 Å². The van der Waals surface area contributed by atoms with E-state index in [4.69, 9.17) is 0 Å². The molecule has 1 unspecified atom stereocenters. The maximum absolute atomic E-state index is 13.0. The molecule has 0 aliphatic carbocycles. The van der Waals surface area contributed by atoms with E-state index in [1.165, 1.54) is 21.6 Å². The van der Waals surface area contributed by atoms with E-state index in [1.807, 2.05) is 29.7 Å². The minimum Gasteiger partial charge on any atom is -0.336 e. The summed E-state index contributed by atoms with van der Waals surface area (Å²) in [6.07, 6.45) is 3.46. The summed E-state index contributed by atoms with van der Waals surface area (Å²) in [6.45, 7) is 5.17. The zero-order valence-corrected chi connectivity index (χ0v) is 17.9. The van der Waals surface area contributed by atoms with E-state index in [0.717, 1.165) is 37.5 Å². The molecule has 1 saturated heterocycles. The molecule has 0 N–H and O–H groups in total. The number of amides is 1. The summed E-state index contributed by atoms with van der Waals surface area (Å²) in [5.74, 6) is 1.09. The van der Waals surface area contributed by atoms with E-state index < -0.39 is 0 Å². The maximum atomic E-state index is 13.0. The largest absolute Gasteiger partial charge is 0.336 e. The second-order valence-corrected chi connectivity index (χ2v) is 9.02. The van der Waals surface area contributed by atoms with Crippen molar-refractivity contribution in [1.29, 1.82) is 0 Å². The van der Waals surface area contributed by atoms with Crippen LogP contribution >= 0.6 is 11.8 Å². The number of hydrogen-bond acceptors (Lipinski definition) is 4. The number of aryl methyl sites for hydroxylation is 1. The lowest BCUT2D eigenvalue weighted by atomic mass is 9.93. The van der Waals surface area contributed by atoms with Gasteiger partial charge in [0.1, 0.15) is 0 Å². The minimum atomic E-state index is 0.0862. The quantitative estimate of drug-likeness (QED) is 0.616. The van der Waals surface area contributed by atoms with Crippen LogP contribution in [0.25, 0.3) is 0 Å². The van der Waals surface area contributed by atoms with Gasteiger partial charge < -0.3 is 4.90 Å². The van der Waals surface area contributed by atoms with Crippen LogP contribution in [0.15, 0.2) is 71.9 Å². The number of benzene rings is 2. The first kappa shape index (κ1) is 19.3. The van der Waals surface area contributed by atoms with E-state index in [9.17, 15) is 4.79 Å². The number of fused-ring (bicyclic) bond motifs is 2. The van der Waals surface area contributed by atoms with Gasteiger partial charge in [-0.1, -0.05) is 42.5 Å². The molecule has 0 bridgehead atoms. The van der Waals surface area contributed by atoms with Crippen LogP contribution in [0.2, 0.25) is 0 Å². The molecule has 5 heteroatoms. The van der Waals surface area contributed by atoms with Crippen LogP contribution < -0.4 is 0 Å². The summed E-state index contributed by atoms with van der Waals surface area (Å²) < 4.78 is 0. The van der Waals surface area contributed by atoms with Crippen molar-refractivity contribution in [1.82, 2.24) is 14.8 Å². The van der Waals surface area contributed by atoms with Gasteiger partial charge in [0.15, 0.2) is 0 Å². The van der Waals surface area contributed by atoms with Gasteiger partial charge in [0.2, 0.25) is 0 Å². The number of aromatic nitrogens is 1. The van der Waals surface area contributed by atoms with Crippen LogP contribution in [0, 0.1) is 6.92 Å². The smallest absolute Gasteiger partial charge is 0.255 e.